The lowest BCUT2D eigenvalue weighted by Crippen LogP contribution is -2.44. The van der Waals surface area contributed by atoms with Gasteiger partial charge in [0.1, 0.15) is 6.61 Å². The Morgan fingerprint density at radius 1 is 1.08 bits per heavy atom. The van der Waals surface area contributed by atoms with Crippen LogP contribution in [-0.2, 0) is 6.42 Å². The molecule has 5 nitrogen and oxygen atoms in total. The Labute approximate surface area is 145 Å². The third-order valence-corrected chi connectivity index (χ3v) is 3.92. The van der Waals surface area contributed by atoms with Crippen LogP contribution in [0, 0.1) is 0 Å². The molecule has 0 fully saturated rings. The van der Waals surface area contributed by atoms with Gasteiger partial charge in [0.15, 0.2) is 17.6 Å². The molecule has 0 saturated heterocycles. The van der Waals surface area contributed by atoms with E-state index < -0.39 is 0 Å². The first-order valence-electron chi connectivity index (χ1n) is 7.85. The second-order valence-electron chi connectivity index (χ2n) is 5.51. The van der Waals surface area contributed by atoms with E-state index in [-0.39, 0.29) is 12.1 Å². The lowest BCUT2D eigenvalue weighted by Gasteiger charge is -2.26. The summed E-state index contributed by atoms with van der Waals surface area (Å²) in [6.07, 6.45) is 0.558. The molecule has 1 heterocycles. The van der Waals surface area contributed by atoms with Crippen LogP contribution in [0.1, 0.15) is 5.56 Å². The predicted molar refractivity (Wildman–Crippen MR) is 92.9 cm³/mol. The number of hydrogen-bond donors (Lipinski definition) is 2. The molecular formula is C18H19ClN2O3. The van der Waals surface area contributed by atoms with Crippen molar-refractivity contribution in [3.63, 3.8) is 0 Å². The standard InChI is InChI=1S/C18H19ClN2O3/c19-14-7-5-13(6-8-14)9-10-20-18(22)21-11-15-12-23-16-3-1-2-4-17(16)24-15/h1-8,15H,9-12H2,(H2,20,21,22). The molecule has 0 aromatic heterocycles. The first-order valence-corrected chi connectivity index (χ1v) is 8.23. The smallest absolute Gasteiger partial charge is 0.314 e. The Bertz CT molecular complexity index is 691. The maximum Gasteiger partial charge on any atom is 0.314 e. The number of benzene rings is 2. The fourth-order valence-corrected chi connectivity index (χ4v) is 2.53. The molecule has 1 aliphatic heterocycles. The fraction of sp³-hybridized carbons (Fsp3) is 0.278. The van der Waals surface area contributed by atoms with Crippen LogP contribution >= 0.6 is 11.6 Å². The minimum atomic E-state index is -0.216. The van der Waals surface area contributed by atoms with E-state index in [1.165, 1.54) is 0 Å². The molecule has 2 amide bonds. The minimum absolute atomic E-state index is 0.193. The summed E-state index contributed by atoms with van der Waals surface area (Å²) in [5.74, 6) is 1.44. The zero-order valence-corrected chi connectivity index (χ0v) is 13.9. The van der Waals surface area contributed by atoms with Crippen LogP contribution in [0.25, 0.3) is 0 Å². The number of hydrogen-bond acceptors (Lipinski definition) is 3. The van der Waals surface area contributed by atoms with Crippen molar-refractivity contribution in [2.24, 2.45) is 0 Å². The molecule has 1 unspecified atom stereocenters. The first-order chi connectivity index (χ1) is 11.7. The van der Waals surface area contributed by atoms with Crippen LogP contribution in [0.15, 0.2) is 48.5 Å². The minimum Gasteiger partial charge on any atom is -0.486 e. The van der Waals surface area contributed by atoms with Gasteiger partial charge in [-0.15, -0.1) is 0 Å². The highest BCUT2D eigenvalue weighted by Gasteiger charge is 2.20. The summed E-state index contributed by atoms with van der Waals surface area (Å²) in [5.41, 5.74) is 1.13. The number of para-hydroxylation sites is 2. The molecule has 0 radical (unpaired) electrons. The summed E-state index contributed by atoms with van der Waals surface area (Å²) >= 11 is 5.84. The molecule has 0 bridgehead atoms. The SMILES string of the molecule is O=C(NCCc1ccc(Cl)cc1)NCC1COc2ccccc2O1. The average Bonchev–Trinajstić information content (AvgIpc) is 2.61. The summed E-state index contributed by atoms with van der Waals surface area (Å²) in [6, 6.07) is 14.9. The highest BCUT2D eigenvalue weighted by atomic mass is 35.5. The zero-order chi connectivity index (χ0) is 16.8. The predicted octanol–water partition coefficient (Wildman–Crippen LogP) is 3.02. The van der Waals surface area contributed by atoms with Crippen LogP contribution in [0.5, 0.6) is 11.5 Å². The van der Waals surface area contributed by atoms with Crippen molar-refractivity contribution in [3.8, 4) is 11.5 Å². The van der Waals surface area contributed by atoms with Crippen molar-refractivity contribution >= 4 is 17.6 Å². The van der Waals surface area contributed by atoms with Gasteiger partial charge in [0.2, 0.25) is 0 Å². The van der Waals surface area contributed by atoms with Gasteiger partial charge in [-0.05, 0) is 36.2 Å². The van der Waals surface area contributed by atoms with Gasteiger partial charge >= 0.3 is 6.03 Å². The molecule has 0 spiro atoms. The molecule has 0 aliphatic carbocycles. The highest BCUT2D eigenvalue weighted by Crippen LogP contribution is 2.30. The number of fused-ring (bicyclic) bond motifs is 1. The van der Waals surface area contributed by atoms with Gasteiger partial charge in [-0.3, -0.25) is 0 Å². The molecule has 0 saturated carbocycles. The average molecular weight is 347 g/mol. The largest absolute Gasteiger partial charge is 0.486 e. The summed E-state index contributed by atoms with van der Waals surface area (Å²) in [6.45, 7) is 1.36. The van der Waals surface area contributed by atoms with E-state index in [4.69, 9.17) is 21.1 Å². The monoisotopic (exact) mass is 346 g/mol. The van der Waals surface area contributed by atoms with E-state index in [1.807, 2.05) is 48.5 Å². The number of nitrogens with one attached hydrogen (secondary N) is 2. The van der Waals surface area contributed by atoms with Gasteiger partial charge in [0, 0.05) is 11.6 Å². The lowest BCUT2D eigenvalue weighted by atomic mass is 10.1. The van der Waals surface area contributed by atoms with Crippen molar-refractivity contribution in [1.29, 1.82) is 0 Å². The topological polar surface area (TPSA) is 59.6 Å². The Balaban J connectivity index is 1.36. The highest BCUT2D eigenvalue weighted by molar-refractivity contribution is 6.30. The summed E-state index contributed by atoms with van der Waals surface area (Å²) < 4.78 is 11.4. The summed E-state index contributed by atoms with van der Waals surface area (Å²) in [7, 11) is 0. The third-order valence-electron chi connectivity index (χ3n) is 3.67. The van der Waals surface area contributed by atoms with Crippen molar-refractivity contribution in [2.75, 3.05) is 19.7 Å². The molecule has 24 heavy (non-hydrogen) atoms. The molecule has 6 heteroatoms. The molecule has 2 N–H and O–H groups in total. The fourth-order valence-electron chi connectivity index (χ4n) is 2.40. The quantitative estimate of drug-likeness (QED) is 0.875. The Kier molecular flexibility index (Phi) is 5.43. The van der Waals surface area contributed by atoms with Crippen molar-refractivity contribution in [2.45, 2.75) is 12.5 Å². The van der Waals surface area contributed by atoms with E-state index >= 15 is 0 Å². The maximum absolute atomic E-state index is 11.8. The van der Waals surface area contributed by atoms with E-state index in [0.717, 1.165) is 17.7 Å². The maximum atomic E-state index is 11.8. The summed E-state index contributed by atoms with van der Waals surface area (Å²) in [4.78, 5) is 11.8. The normalized spacial score (nSPS) is 15.6. The molecule has 1 atom stereocenters. The Morgan fingerprint density at radius 3 is 2.62 bits per heavy atom. The van der Waals surface area contributed by atoms with Gasteiger partial charge < -0.3 is 20.1 Å². The van der Waals surface area contributed by atoms with E-state index in [1.54, 1.807) is 0 Å². The molecular weight excluding hydrogens is 328 g/mol. The summed E-state index contributed by atoms with van der Waals surface area (Å²) in [5, 5.41) is 6.34. The van der Waals surface area contributed by atoms with Crippen molar-refractivity contribution in [1.82, 2.24) is 10.6 Å². The molecule has 2 aromatic rings. The van der Waals surface area contributed by atoms with Crippen LogP contribution in [0.4, 0.5) is 4.79 Å². The number of halogens is 1. The van der Waals surface area contributed by atoms with Gasteiger partial charge in [-0.2, -0.15) is 0 Å². The van der Waals surface area contributed by atoms with Gasteiger partial charge in [-0.1, -0.05) is 35.9 Å². The van der Waals surface area contributed by atoms with Crippen molar-refractivity contribution in [3.05, 3.63) is 59.1 Å². The van der Waals surface area contributed by atoms with Crippen LogP contribution in [0.2, 0.25) is 5.02 Å². The van der Waals surface area contributed by atoms with E-state index in [0.29, 0.717) is 30.5 Å². The van der Waals surface area contributed by atoms with E-state index in [9.17, 15) is 4.79 Å². The second-order valence-corrected chi connectivity index (χ2v) is 5.95. The Morgan fingerprint density at radius 2 is 1.83 bits per heavy atom. The van der Waals surface area contributed by atoms with Crippen LogP contribution in [0.3, 0.4) is 0 Å². The van der Waals surface area contributed by atoms with Gasteiger partial charge in [-0.25, -0.2) is 4.79 Å². The molecule has 126 valence electrons. The number of amides is 2. The van der Waals surface area contributed by atoms with Gasteiger partial charge in [0.25, 0.3) is 0 Å². The van der Waals surface area contributed by atoms with E-state index in [2.05, 4.69) is 10.6 Å². The third kappa shape index (κ3) is 4.55. The first kappa shape index (κ1) is 16.5. The number of carbonyl (C=O) groups is 1. The second kappa shape index (κ2) is 7.93. The lowest BCUT2D eigenvalue weighted by molar-refractivity contribution is 0.0918. The number of urea groups is 1. The van der Waals surface area contributed by atoms with Crippen LogP contribution < -0.4 is 20.1 Å². The van der Waals surface area contributed by atoms with Crippen LogP contribution in [-0.4, -0.2) is 31.8 Å². The Hall–Kier alpha value is -2.40. The van der Waals surface area contributed by atoms with Gasteiger partial charge in [0.05, 0.1) is 6.54 Å². The molecule has 3 rings (SSSR count). The molecule has 2 aromatic carbocycles. The van der Waals surface area contributed by atoms with Crippen molar-refractivity contribution < 1.29 is 14.3 Å². The molecule has 1 aliphatic rings. The zero-order valence-electron chi connectivity index (χ0n) is 13.1. The number of carbonyl (C=O) groups excluding carboxylic acids is 1. The number of rotatable bonds is 5. The number of ether oxygens (including phenoxy) is 2.